The van der Waals surface area contributed by atoms with Crippen LogP contribution in [0.3, 0.4) is 0 Å². The molecule has 0 saturated heterocycles. The maximum Gasteiger partial charge on any atom is 0.283 e. The molecule has 0 spiro atoms. The Morgan fingerprint density at radius 3 is 2.93 bits per heavy atom. The molecule has 1 aromatic carbocycles. The van der Waals surface area contributed by atoms with Crippen LogP contribution in [-0.4, -0.2) is 17.7 Å². The molecular weight excluding hydrogens is 180 g/mol. The Labute approximate surface area is 82.0 Å². The van der Waals surface area contributed by atoms with Crippen molar-refractivity contribution in [2.75, 3.05) is 6.61 Å². The third-order valence-electron chi connectivity index (χ3n) is 2.33. The Morgan fingerprint density at radius 2 is 2.36 bits per heavy atom. The van der Waals surface area contributed by atoms with Crippen molar-refractivity contribution in [2.45, 2.75) is 12.5 Å². The maximum absolute atomic E-state index is 9.33. The summed E-state index contributed by atoms with van der Waals surface area (Å²) in [5.74, 6) is 0.226. The van der Waals surface area contributed by atoms with E-state index in [0.29, 0.717) is 6.61 Å². The maximum atomic E-state index is 9.33. The lowest BCUT2D eigenvalue weighted by atomic mass is 9.94. The molecule has 1 unspecified atom stereocenters. The molecule has 14 heavy (non-hydrogen) atoms. The SMILES string of the molecule is CC1(c2cccc(O)c2)COC(N)=N1. The van der Waals surface area contributed by atoms with Crippen molar-refractivity contribution in [3.63, 3.8) is 0 Å². The minimum Gasteiger partial charge on any atom is -0.508 e. The third-order valence-corrected chi connectivity index (χ3v) is 2.33. The lowest BCUT2D eigenvalue weighted by molar-refractivity contribution is 0.266. The number of hydrogen-bond donors (Lipinski definition) is 2. The molecule has 1 atom stereocenters. The first-order valence-corrected chi connectivity index (χ1v) is 4.38. The minimum atomic E-state index is -0.469. The number of hydrogen-bond acceptors (Lipinski definition) is 4. The van der Waals surface area contributed by atoms with Crippen molar-refractivity contribution >= 4 is 6.02 Å². The zero-order valence-electron chi connectivity index (χ0n) is 7.90. The number of ether oxygens (including phenoxy) is 1. The second-order valence-corrected chi connectivity index (χ2v) is 3.56. The van der Waals surface area contributed by atoms with Crippen molar-refractivity contribution in [1.29, 1.82) is 0 Å². The number of aromatic hydroxyl groups is 1. The molecule has 4 heteroatoms. The fourth-order valence-corrected chi connectivity index (χ4v) is 1.51. The molecule has 3 N–H and O–H groups in total. The van der Waals surface area contributed by atoms with Crippen molar-refractivity contribution in [1.82, 2.24) is 0 Å². The van der Waals surface area contributed by atoms with Gasteiger partial charge in [0.05, 0.1) is 0 Å². The van der Waals surface area contributed by atoms with Gasteiger partial charge in [-0.25, -0.2) is 4.99 Å². The molecule has 2 rings (SSSR count). The van der Waals surface area contributed by atoms with Crippen LogP contribution in [0.25, 0.3) is 0 Å². The van der Waals surface area contributed by atoms with Crippen LogP contribution in [0.15, 0.2) is 29.3 Å². The monoisotopic (exact) mass is 192 g/mol. The van der Waals surface area contributed by atoms with Crippen molar-refractivity contribution < 1.29 is 9.84 Å². The van der Waals surface area contributed by atoms with E-state index in [1.54, 1.807) is 18.2 Å². The van der Waals surface area contributed by atoms with E-state index < -0.39 is 5.54 Å². The average molecular weight is 192 g/mol. The molecule has 0 bridgehead atoms. The molecule has 1 aliphatic heterocycles. The minimum absolute atomic E-state index is 0.204. The van der Waals surface area contributed by atoms with Crippen LogP contribution in [0.4, 0.5) is 0 Å². The molecule has 0 saturated carbocycles. The highest BCUT2D eigenvalue weighted by Crippen LogP contribution is 2.31. The van der Waals surface area contributed by atoms with Gasteiger partial charge in [0.2, 0.25) is 0 Å². The summed E-state index contributed by atoms with van der Waals surface area (Å²) in [5.41, 5.74) is 5.88. The van der Waals surface area contributed by atoms with Crippen molar-refractivity contribution in [3.8, 4) is 5.75 Å². The van der Waals surface area contributed by atoms with Crippen LogP contribution in [0.1, 0.15) is 12.5 Å². The lowest BCUT2D eigenvalue weighted by Gasteiger charge is -2.18. The summed E-state index contributed by atoms with van der Waals surface area (Å²) in [6, 6.07) is 7.17. The molecule has 0 aromatic heterocycles. The van der Waals surface area contributed by atoms with Gasteiger partial charge in [-0.05, 0) is 24.6 Å². The molecule has 0 amide bonds. The summed E-state index contributed by atoms with van der Waals surface area (Å²) in [4.78, 5) is 4.19. The summed E-state index contributed by atoms with van der Waals surface area (Å²) in [7, 11) is 0. The number of benzene rings is 1. The lowest BCUT2D eigenvalue weighted by Crippen LogP contribution is -2.20. The number of rotatable bonds is 1. The van der Waals surface area contributed by atoms with Crippen molar-refractivity contribution in [3.05, 3.63) is 29.8 Å². The highest BCUT2D eigenvalue weighted by molar-refractivity contribution is 5.74. The number of nitrogens with zero attached hydrogens (tertiary/aromatic N) is 1. The van der Waals surface area contributed by atoms with Gasteiger partial charge in [-0.2, -0.15) is 0 Å². The van der Waals surface area contributed by atoms with Gasteiger partial charge >= 0.3 is 0 Å². The topological polar surface area (TPSA) is 67.8 Å². The predicted molar refractivity (Wildman–Crippen MR) is 53.0 cm³/mol. The Kier molecular flexibility index (Phi) is 1.84. The van der Waals surface area contributed by atoms with Crippen LogP contribution in [0, 0.1) is 0 Å². The molecule has 0 aliphatic carbocycles. The molecule has 0 fully saturated rings. The number of phenols is 1. The van der Waals surface area contributed by atoms with E-state index in [-0.39, 0.29) is 11.8 Å². The fraction of sp³-hybridized carbons (Fsp3) is 0.300. The first kappa shape index (κ1) is 8.87. The van der Waals surface area contributed by atoms with Gasteiger partial charge in [0, 0.05) is 0 Å². The number of phenolic OH excluding ortho intramolecular Hbond substituents is 1. The van der Waals surface area contributed by atoms with Gasteiger partial charge in [0.1, 0.15) is 17.9 Å². The Morgan fingerprint density at radius 1 is 1.57 bits per heavy atom. The molecule has 1 aromatic rings. The van der Waals surface area contributed by atoms with Gasteiger partial charge in [0.15, 0.2) is 0 Å². The number of nitrogens with two attached hydrogens (primary N) is 1. The zero-order valence-corrected chi connectivity index (χ0v) is 7.90. The zero-order chi connectivity index (χ0) is 10.2. The molecule has 0 radical (unpaired) electrons. The number of amidine groups is 1. The second-order valence-electron chi connectivity index (χ2n) is 3.56. The summed E-state index contributed by atoms with van der Waals surface area (Å²) in [5, 5.41) is 9.33. The first-order valence-electron chi connectivity index (χ1n) is 4.38. The van der Waals surface area contributed by atoms with E-state index >= 15 is 0 Å². The van der Waals surface area contributed by atoms with Crippen LogP contribution in [0.5, 0.6) is 5.75 Å². The second kappa shape index (κ2) is 2.90. The smallest absolute Gasteiger partial charge is 0.283 e. The van der Waals surface area contributed by atoms with Crippen LogP contribution < -0.4 is 5.73 Å². The standard InChI is InChI=1S/C10H12N2O2/c1-10(6-14-9(11)12-10)7-3-2-4-8(13)5-7/h2-5,13H,6H2,1H3,(H2,11,12). The normalized spacial score (nSPS) is 25.6. The Hall–Kier alpha value is -1.71. The summed E-state index contributed by atoms with van der Waals surface area (Å²) < 4.78 is 5.11. The predicted octanol–water partition coefficient (Wildman–Crippen LogP) is 0.952. The first-order chi connectivity index (χ1) is 6.60. The quantitative estimate of drug-likeness (QED) is 0.696. The Balaban J connectivity index is 2.40. The van der Waals surface area contributed by atoms with E-state index in [2.05, 4.69) is 4.99 Å². The van der Waals surface area contributed by atoms with Crippen molar-refractivity contribution in [2.24, 2.45) is 10.7 Å². The number of aliphatic imine (C=N–C) groups is 1. The highest BCUT2D eigenvalue weighted by atomic mass is 16.5. The molecule has 4 nitrogen and oxygen atoms in total. The summed E-state index contributed by atoms with van der Waals surface area (Å²) >= 11 is 0. The highest BCUT2D eigenvalue weighted by Gasteiger charge is 2.32. The fourth-order valence-electron chi connectivity index (χ4n) is 1.51. The van der Waals surface area contributed by atoms with Gasteiger partial charge in [-0.3, -0.25) is 0 Å². The van der Waals surface area contributed by atoms with Crippen LogP contribution >= 0.6 is 0 Å². The van der Waals surface area contributed by atoms with E-state index in [1.807, 2.05) is 13.0 Å². The largest absolute Gasteiger partial charge is 0.508 e. The molecular formula is C10H12N2O2. The molecule has 1 aliphatic rings. The van der Waals surface area contributed by atoms with E-state index in [9.17, 15) is 5.11 Å². The van der Waals surface area contributed by atoms with Gasteiger partial charge in [0.25, 0.3) is 6.02 Å². The van der Waals surface area contributed by atoms with Crippen LogP contribution in [0.2, 0.25) is 0 Å². The third kappa shape index (κ3) is 1.39. The molecule has 74 valence electrons. The van der Waals surface area contributed by atoms with Gasteiger partial charge in [-0.15, -0.1) is 0 Å². The van der Waals surface area contributed by atoms with Gasteiger partial charge in [-0.1, -0.05) is 12.1 Å². The van der Waals surface area contributed by atoms with E-state index in [1.165, 1.54) is 0 Å². The van der Waals surface area contributed by atoms with E-state index in [4.69, 9.17) is 10.5 Å². The van der Waals surface area contributed by atoms with E-state index in [0.717, 1.165) is 5.56 Å². The summed E-state index contributed by atoms with van der Waals surface area (Å²) in [6.07, 6.45) is 0. The average Bonchev–Trinajstić information content (AvgIpc) is 2.48. The van der Waals surface area contributed by atoms with Gasteiger partial charge < -0.3 is 15.6 Å². The van der Waals surface area contributed by atoms with Crippen LogP contribution in [-0.2, 0) is 10.3 Å². The Bertz CT molecular complexity index is 389. The summed E-state index contributed by atoms with van der Waals surface area (Å²) in [6.45, 7) is 2.34. The molecule has 1 heterocycles.